The summed E-state index contributed by atoms with van der Waals surface area (Å²) in [7, 11) is 0. The summed E-state index contributed by atoms with van der Waals surface area (Å²) in [6, 6.07) is 16.2. The van der Waals surface area contributed by atoms with E-state index in [4.69, 9.17) is 17.3 Å². The van der Waals surface area contributed by atoms with E-state index in [1.54, 1.807) is 24.3 Å². The van der Waals surface area contributed by atoms with E-state index in [1.807, 2.05) is 30.3 Å². The molecule has 0 heterocycles. The van der Waals surface area contributed by atoms with E-state index < -0.39 is 0 Å². The fraction of sp³-hybridized carbons (Fsp3) is 0.133. The fourth-order valence-corrected chi connectivity index (χ4v) is 1.90. The molecule has 92 valence electrons. The van der Waals surface area contributed by atoms with E-state index in [0.717, 1.165) is 5.56 Å². The Balaban J connectivity index is 2.06. The van der Waals surface area contributed by atoms with Crippen LogP contribution >= 0.6 is 11.6 Å². The van der Waals surface area contributed by atoms with Crippen molar-refractivity contribution in [3.63, 3.8) is 0 Å². The van der Waals surface area contributed by atoms with Crippen molar-refractivity contribution in [2.75, 3.05) is 0 Å². The van der Waals surface area contributed by atoms with Gasteiger partial charge in [-0.2, -0.15) is 0 Å². The lowest BCUT2D eigenvalue weighted by molar-refractivity contribution is 0.0974. The Bertz CT molecular complexity index is 522. The molecule has 0 saturated carbocycles. The summed E-state index contributed by atoms with van der Waals surface area (Å²) in [5.74, 6) is 0.0306. The van der Waals surface area contributed by atoms with Gasteiger partial charge in [0.1, 0.15) is 0 Å². The SMILES string of the molecule is NC(CC(=O)c1ccc(Cl)cc1)c1ccccc1. The number of ketones is 1. The Kier molecular flexibility index (Phi) is 4.13. The van der Waals surface area contributed by atoms with Crippen LogP contribution in [-0.2, 0) is 0 Å². The van der Waals surface area contributed by atoms with Crippen LogP contribution in [0.4, 0.5) is 0 Å². The average molecular weight is 260 g/mol. The Morgan fingerprint density at radius 3 is 2.28 bits per heavy atom. The van der Waals surface area contributed by atoms with Gasteiger partial charge in [0.15, 0.2) is 5.78 Å². The minimum absolute atomic E-state index is 0.0306. The van der Waals surface area contributed by atoms with Gasteiger partial charge in [0.2, 0.25) is 0 Å². The molecule has 2 N–H and O–H groups in total. The molecule has 0 aliphatic carbocycles. The lowest BCUT2D eigenvalue weighted by Gasteiger charge is -2.11. The smallest absolute Gasteiger partial charge is 0.164 e. The summed E-state index contributed by atoms with van der Waals surface area (Å²) in [6.45, 7) is 0. The zero-order chi connectivity index (χ0) is 13.0. The molecule has 1 unspecified atom stereocenters. The van der Waals surface area contributed by atoms with Crippen molar-refractivity contribution in [2.45, 2.75) is 12.5 Å². The highest BCUT2D eigenvalue weighted by atomic mass is 35.5. The summed E-state index contributed by atoms with van der Waals surface area (Å²) in [5.41, 5.74) is 7.63. The Labute approximate surface area is 111 Å². The number of hydrogen-bond donors (Lipinski definition) is 1. The third-order valence-electron chi connectivity index (χ3n) is 2.80. The Morgan fingerprint density at radius 2 is 1.67 bits per heavy atom. The first kappa shape index (κ1) is 12.8. The zero-order valence-electron chi connectivity index (χ0n) is 9.84. The van der Waals surface area contributed by atoms with Crippen LogP contribution in [0.15, 0.2) is 54.6 Å². The third-order valence-corrected chi connectivity index (χ3v) is 3.05. The molecule has 1 atom stereocenters. The zero-order valence-corrected chi connectivity index (χ0v) is 10.6. The minimum Gasteiger partial charge on any atom is -0.324 e. The van der Waals surface area contributed by atoms with Crippen LogP contribution in [-0.4, -0.2) is 5.78 Å². The molecule has 2 nitrogen and oxygen atoms in total. The number of carbonyl (C=O) groups is 1. The summed E-state index contributed by atoms with van der Waals surface area (Å²) in [4.78, 5) is 12.0. The van der Waals surface area contributed by atoms with Gasteiger partial charge in [-0.05, 0) is 29.8 Å². The van der Waals surface area contributed by atoms with Gasteiger partial charge in [0.05, 0.1) is 0 Å². The van der Waals surface area contributed by atoms with Gasteiger partial charge in [0, 0.05) is 23.0 Å². The molecule has 2 aromatic rings. The second-order valence-electron chi connectivity index (χ2n) is 4.15. The predicted molar refractivity (Wildman–Crippen MR) is 73.8 cm³/mol. The van der Waals surface area contributed by atoms with E-state index in [0.29, 0.717) is 17.0 Å². The molecule has 0 fully saturated rings. The number of rotatable bonds is 4. The average Bonchev–Trinajstić information content (AvgIpc) is 2.40. The van der Waals surface area contributed by atoms with Gasteiger partial charge in [0.25, 0.3) is 0 Å². The highest BCUT2D eigenvalue weighted by Gasteiger charge is 2.12. The normalized spacial score (nSPS) is 12.1. The minimum atomic E-state index is -0.269. The van der Waals surface area contributed by atoms with Crippen LogP contribution in [0.25, 0.3) is 0 Å². The number of Topliss-reactive ketones (excluding diaryl/α,β-unsaturated/α-hetero) is 1. The summed E-state index contributed by atoms with van der Waals surface area (Å²) in [6.07, 6.45) is 0.297. The number of hydrogen-bond acceptors (Lipinski definition) is 2. The van der Waals surface area contributed by atoms with Crippen LogP contribution in [0.1, 0.15) is 28.4 Å². The van der Waals surface area contributed by atoms with Gasteiger partial charge < -0.3 is 5.73 Å². The Morgan fingerprint density at radius 1 is 1.06 bits per heavy atom. The van der Waals surface area contributed by atoms with E-state index in [2.05, 4.69) is 0 Å². The van der Waals surface area contributed by atoms with E-state index >= 15 is 0 Å². The molecular weight excluding hydrogens is 246 g/mol. The monoisotopic (exact) mass is 259 g/mol. The maximum Gasteiger partial charge on any atom is 0.164 e. The van der Waals surface area contributed by atoms with Crippen molar-refractivity contribution in [1.29, 1.82) is 0 Å². The van der Waals surface area contributed by atoms with Crippen molar-refractivity contribution in [2.24, 2.45) is 5.73 Å². The fourth-order valence-electron chi connectivity index (χ4n) is 1.77. The van der Waals surface area contributed by atoms with Crippen LogP contribution < -0.4 is 5.73 Å². The topological polar surface area (TPSA) is 43.1 Å². The molecular formula is C15H14ClNO. The molecule has 0 radical (unpaired) electrons. The molecule has 18 heavy (non-hydrogen) atoms. The summed E-state index contributed by atoms with van der Waals surface area (Å²) in [5, 5.41) is 0.624. The van der Waals surface area contributed by atoms with Crippen molar-refractivity contribution < 1.29 is 4.79 Å². The van der Waals surface area contributed by atoms with Crippen molar-refractivity contribution in [3.05, 3.63) is 70.7 Å². The highest BCUT2D eigenvalue weighted by molar-refractivity contribution is 6.30. The van der Waals surface area contributed by atoms with Crippen molar-refractivity contribution in [3.8, 4) is 0 Å². The Hall–Kier alpha value is -1.64. The number of halogens is 1. The van der Waals surface area contributed by atoms with Crippen molar-refractivity contribution >= 4 is 17.4 Å². The summed E-state index contributed by atoms with van der Waals surface area (Å²) >= 11 is 5.78. The number of benzene rings is 2. The van der Waals surface area contributed by atoms with Crippen molar-refractivity contribution in [1.82, 2.24) is 0 Å². The lowest BCUT2D eigenvalue weighted by Crippen LogP contribution is -2.15. The van der Waals surface area contributed by atoms with Gasteiger partial charge in [-0.25, -0.2) is 0 Å². The quantitative estimate of drug-likeness (QED) is 0.853. The first-order chi connectivity index (χ1) is 8.66. The molecule has 0 saturated heterocycles. The second-order valence-corrected chi connectivity index (χ2v) is 4.59. The van der Waals surface area contributed by atoms with E-state index in [-0.39, 0.29) is 11.8 Å². The molecule has 0 aliphatic rings. The van der Waals surface area contributed by atoms with E-state index in [9.17, 15) is 4.79 Å². The first-order valence-electron chi connectivity index (χ1n) is 5.76. The maximum absolute atomic E-state index is 12.0. The molecule has 0 spiro atoms. The maximum atomic E-state index is 12.0. The van der Waals surface area contributed by atoms with Crippen LogP contribution in [0.5, 0.6) is 0 Å². The van der Waals surface area contributed by atoms with Gasteiger partial charge in [-0.3, -0.25) is 4.79 Å². The lowest BCUT2D eigenvalue weighted by atomic mass is 9.99. The number of carbonyl (C=O) groups excluding carboxylic acids is 1. The molecule has 0 aromatic heterocycles. The highest BCUT2D eigenvalue weighted by Crippen LogP contribution is 2.17. The largest absolute Gasteiger partial charge is 0.324 e. The molecule has 3 heteroatoms. The van der Waals surface area contributed by atoms with Gasteiger partial charge in [-0.15, -0.1) is 0 Å². The van der Waals surface area contributed by atoms with Gasteiger partial charge in [-0.1, -0.05) is 41.9 Å². The molecule has 0 amide bonds. The summed E-state index contributed by atoms with van der Waals surface area (Å²) < 4.78 is 0. The van der Waals surface area contributed by atoms with Crippen LogP contribution in [0.2, 0.25) is 5.02 Å². The first-order valence-corrected chi connectivity index (χ1v) is 6.14. The molecule has 0 aliphatic heterocycles. The third kappa shape index (κ3) is 3.19. The second kappa shape index (κ2) is 5.80. The van der Waals surface area contributed by atoms with Crippen LogP contribution in [0, 0.1) is 0 Å². The van der Waals surface area contributed by atoms with Crippen LogP contribution in [0.3, 0.4) is 0 Å². The molecule has 2 aromatic carbocycles. The van der Waals surface area contributed by atoms with E-state index in [1.165, 1.54) is 0 Å². The van der Waals surface area contributed by atoms with Gasteiger partial charge >= 0.3 is 0 Å². The standard InChI is InChI=1S/C15H14ClNO/c16-13-8-6-12(7-9-13)15(18)10-14(17)11-4-2-1-3-5-11/h1-9,14H,10,17H2. The predicted octanol–water partition coefficient (Wildman–Crippen LogP) is 3.61. The number of nitrogens with two attached hydrogens (primary N) is 1. The molecule has 2 rings (SSSR count). The molecule has 0 bridgehead atoms.